The first-order valence-corrected chi connectivity index (χ1v) is 9.28. The molecule has 0 unspecified atom stereocenters. The molecule has 0 radical (unpaired) electrons. The quantitative estimate of drug-likeness (QED) is 0.765. The summed E-state index contributed by atoms with van der Waals surface area (Å²) in [7, 11) is 0. The molecule has 0 aliphatic carbocycles. The van der Waals surface area contributed by atoms with Gasteiger partial charge in [-0.25, -0.2) is 0 Å². The topological polar surface area (TPSA) is 29.5 Å². The van der Waals surface area contributed by atoms with Gasteiger partial charge in [0.15, 0.2) is 0 Å². The van der Waals surface area contributed by atoms with Crippen molar-refractivity contribution in [2.24, 2.45) is 0 Å². The average Bonchev–Trinajstić information content (AvgIpc) is 2.99. The summed E-state index contributed by atoms with van der Waals surface area (Å²) in [5, 5.41) is 0.763. The van der Waals surface area contributed by atoms with Crippen molar-refractivity contribution in [2.75, 3.05) is 26.2 Å². The molecule has 0 saturated carbocycles. The van der Waals surface area contributed by atoms with Crippen molar-refractivity contribution in [2.45, 2.75) is 24.7 Å². The molecule has 3 nitrogen and oxygen atoms in total. The second-order valence-corrected chi connectivity index (χ2v) is 7.46. The standard InChI is InChI=1S/C21H22ClNO2/c22-19-5-2-1-4-17(19)16-6-7-18-20(14-16)25-15-21(18)8-11-23(12-9-21)10-3-13-24/h1-2,4-7,13-14H,3,8-12,15H2. The lowest BCUT2D eigenvalue weighted by molar-refractivity contribution is -0.108. The third-order valence-corrected chi connectivity index (χ3v) is 5.95. The fraction of sp³-hybridized carbons (Fsp3) is 0.381. The Labute approximate surface area is 153 Å². The maximum absolute atomic E-state index is 10.6. The van der Waals surface area contributed by atoms with Crippen LogP contribution in [0.4, 0.5) is 0 Å². The van der Waals surface area contributed by atoms with Gasteiger partial charge in [-0.15, -0.1) is 0 Å². The Morgan fingerprint density at radius 3 is 2.72 bits per heavy atom. The van der Waals surface area contributed by atoms with E-state index in [1.165, 1.54) is 5.56 Å². The van der Waals surface area contributed by atoms with Gasteiger partial charge in [-0.05, 0) is 43.6 Å². The largest absolute Gasteiger partial charge is 0.492 e. The normalized spacial score (nSPS) is 18.8. The monoisotopic (exact) mass is 355 g/mol. The zero-order valence-electron chi connectivity index (χ0n) is 14.2. The Kier molecular flexibility index (Phi) is 4.53. The molecule has 0 bridgehead atoms. The molecule has 2 aromatic carbocycles. The Balaban J connectivity index is 1.56. The van der Waals surface area contributed by atoms with Crippen molar-refractivity contribution in [1.29, 1.82) is 0 Å². The van der Waals surface area contributed by atoms with Crippen LogP contribution >= 0.6 is 11.6 Å². The van der Waals surface area contributed by atoms with E-state index in [9.17, 15) is 4.79 Å². The molecule has 0 aromatic heterocycles. The summed E-state index contributed by atoms with van der Waals surface area (Å²) in [4.78, 5) is 13.0. The van der Waals surface area contributed by atoms with Gasteiger partial charge >= 0.3 is 0 Å². The molecule has 1 saturated heterocycles. The van der Waals surface area contributed by atoms with Gasteiger partial charge in [-0.2, -0.15) is 0 Å². The van der Waals surface area contributed by atoms with Gasteiger partial charge in [0.05, 0.1) is 6.61 Å². The minimum Gasteiger partial charge on any atom is -0.492 e. The summed E-state index contributed by atoms with van der Waals surface area (Å²) in [6.45, 7) is 3.69. The molecule has 0 amide bonds. The van der Waals surface area contributed by atoms with Crippen LogP contribution in [0.2, 0.25) is 5.02 Å². The van der Waals surface area contributed by atoms with Crippen LogP contribution in [-0.4, -0.2) is 37.4 Å². The average molecular weight is 356 g/mol. The van der Waals surface area contributed by atoms with E-state index in [2.05, 4.69) is 23.1 Å². The van der Waals surface area contributed by atoms with Crippen LogP contribution < -0.4 is 4.74 Å². The van der Waals surface area contributed by atoms with Gasteiger partial charge < -0.3 is 14.4 Å². The molecule has 4 rings (SSSR count). The van der Waals surface area contributed by atoms with Crippen molar-refractivity contribution in [3.05, 3.63) is 53.1 Å². The molecule has 2 aromatic rings. The summed E-state index contributed by atoms with van der Waals surface area (Å²) in [6, 6.07) is 14.4. The Bertz CT molecular complexity index is 781. The molecule has 2 aliphatic heterocycles. The second kappa shape index (κ2) is 6.81. The first-order valence-electron chi connectivity index (χ1n) is 8.90. The van der Waals surface area contributed by atoms with Gasteiger partial charge in [0.2, 0.25) is 0 Å². The van der Waals surface area contributed by atoms with Crippen LogP contribution in [0.1, 0.15) is 24.8 Å². The summed E-state index contributed by atoms with van der Waals surface area (Å²) >= 11 is 6.34. The molecule has 1 spiro atoms. The molecule has 25 heavy (non-hydrogen) atoms. The van der Waals surface area contributed by atoms with Crippen molar-refractivity contribution < 1.29 is 9.53 Å². The number of halogens is 1. The van der Waals surface area contributed by atoms with Crippen molar-refractivity contribution in [3.63, 3.8) is 0 Å². The van der Waals surface area contributed by atoms with E-state index in [4.69, 9.17) is 16.3 Å². The number of likely N-dealkylation sites (tertiary alicyclic amines) is 1. The predicted molar refractivity (Wildman–Crippen MR) is 100 cm³/mol. The Hall–Kier alpha value is -1.84. The van der Waals surface area contributed by atoms with E-state index in [0.717, 1.165) is 67.3 Å². The van der Waals surface area contributed by atoms with E-state index < -0.39 is 0 Å². The van der Waals surface area contributed by atoms with Gasteiger partial charge in [0.1, 0.15) is 12.0 Å². The van der Waals surface area contributed by atoms with Crippen molar-refractivity contribution in [3.8, 4) is 16.9 Å². The molecule has 0 atom stereocenters. The minimum absolute atomic E-state index is 0.131. The van der Waals surface area contributed by atoms with Crippen LogP contribution in [0, 0.1) is 0 Å². The molecular formula is C21H22ClNO2. The number of ether oxygens (including phenoxy) is 1. The maximum atomic E-state index is 10.6. The summed E-state index contributed by atoms with van der Waals surface area (Å²) in [6.07, 6.45) is 3.81. The van der Waals surface area contributed by atoms with Gasteiger partial charge in [0, 0.05) is 34.5 Å². The van der Waals surface area contributed by atoms with E-state index in [0.29, 0.717) is 6.42 Å². The van der Waals surface area contributed by atoms with E-state index in [1.54, 1.807) is 0 Å². The molecule has 1 fully saturated rings. The fourth-order valence-electron chi connectivity index (χ4n) is 4.09. The zero-order chi connectivity index (χ0) is 17.3. The van der Waals surface area contributed by atoms with Crippen LogP contribution in [-0.2, 0) is 10.2 Å². The first kappa shape index (κ1) is 16.6. The summed E-state index contributed by atoms with van der Waals surface area (Å²) in [5.74, 6) is 0.999. The number of carbonyl (C=O) groups is 1. The third-order valence-electron chi connectivity index (χ3n) is 5.62. The van der Waals surface area contributed by atoms with E-state index >= 15 is 0 Å². The number of hydrogen-bond donors (Lipinski definition) is 0. The molecular weight excluding hydrogens is 334 g/mol. The highest BCUT2D eigenvalue weighted by Crippen LogP contribution is 2.47. The first-order chi connectivity index (χ1) is 12.2. The fourth-order valence-corrected chi connectivity index (χ4v) is 4.33. The molecule has 2 heterocycles. The zero-order valence-corrected chi connectivity index (χ0v) is 15.0. The van der Waals surface area contributed by atoms with Crippen LogP contribution in [0.25, 0.3) is 11.1 Å². The SMILES string of the molecule is O=CCCN1CCC2(CC1)COc1cc(-c3ccccc3Cl)ccc12. The number of piperidine rings is 1. The number of aldehydes is 1. The van der Waals surface area contributed by atoms with Gasteiger partial charge in [-0.1, -0.05) is 41.9 Å². The van der Waals surface area contributed by atoms with Crippen molar-refractivity contribution >= 4 is 17.9 Å². The highest BCUT2D eigenvalue weighted by Gasteiger charge is 2.42. The van der Waals surface area contributed by atoms with Crippen molar-refractivity contribution in [1.82, 2.24) is 4.90 Å². The van der Waals surface area contributed by atoms with Gasteiger partial charge in [0.25, 0.3) is 0 Å². The third kappa shape index (κ3) is 3.07. The number of hydrogen-bond acceptors (Lipinski definition) is 3. The number of fused-ring (bicyclic) bond motifs is 2. The number of carbonyl (C=O) groups excluding carboxylic acids is 1. The lowest BCUT2D eigenvalue weighted by Crippen LogP contribution is -2.43. The number of rotatable bonds is 4. The minimum atomic E-state index is 0.131. The highest BCUT2D eigenvalue weighted by molar-refractivity contribution is 6.33. The van der Waals surface area contributed by atoms with Crippen LogP contribution in [0.5, 0.6) is 5.75 Å². The number of nitrogens with zero attached hydrogens (tertiary/aromatic N) is 1. The van der Waals surface area contributed by atoms with E-state index in [1.807, 2.05) is 24.3 Å². The Morgan fingerprint density at radius 1 is 1.16 bits per heavy atom. The Morgan fingerprint density at radius 2 is 1.96 bits per heavy atom. The molecule has 130 valence electrons. The highest BCUT2D eigenvalue weighted by atomic mass is 35.5. The second-order valence-electron chi connectivity index (χ2n) is 7.06. The summed E-state index contributed by atoms with van der Waals surface area (Å²) in [5.41, 5.74) is 3.61. The molecule has 2 aliphatic rings. The predicted octanol–water partition coefficient (Wildman–Crippen LogP) is 4.32. The lowest BCUT2D eigenvalue weighted by atomic mass is 9.74. The smallest absolute Gasteiger partial charge is 0.123 e. The summed E-state index contributed by atoms with van der Waals surface area (Å²) < 4.78 is 6.09. The maximum Gasteiger partial charge on any atom is 0.123 e. The molecule has 0 N–H and O–H groups in total. The lowest BCUT2D eigenvalue weighted by Gasteiger charge is -2.38. The van der Waals surface area contributed by atoms with E-state index in [-0.39, 0.29) is 5.41 Å². The molecule has 4 heteroatoms. The van der Waals surface area contributed by atoms with Crippen LogP contribution in [0.3, 0.4) is 0 Å². The number of benzene rings is 2. The van der Waals surface area contributed by atoms with Crippen LogP contribution in [0.15, 0.2) is 42.5 Å². The van der Waals surface area contributed by atoms with Gasteiger partial charge in [-0.3, -0.25) is 0 Å².